The lowest BCUT2D eigenvalue weighted by Gasteiger charge is -2.07. The van der Waals surface area contributed by atoms with E-state index in [0.29, 0.717) is 19.4 Å². The molecule has 0 aliphatic heterocycles. The van der Waals surface area contributed by atoms with Crippen LogP contribution in [0.4, 0.5) is 5.69 Å². The third-order valence-corrected chi connectivity index (χ3v) is 4.54. The van der Waals surface area contributed by atoms with Crippen LogP contribution in [0.5, 0.6) is 0 Å². The van der Waals surface area contributed by atoms with Crippen molar-refractivity contribution in [2.45, 2.75) is 33.2 Å². The van der Waals surface area contributed by atoms with E-state index >= 15 is 0 Å². The summed E-state index contributed by atoms with van der Waals surface area (Å²) in [5.74, 6) is 0.0420. The highest BCUT2D eigenvalue weighted by Gasteiger charge is 2.07. The highest BCUT2D eigenvalue weighted by molar-refractivity contribution is 5.85. The van der Waals surface area contributed by atoms with Crippen LogP contribution in [-0.2, 0) is 17.8 Å². The zero-order valence-electron chi connectivity index (χ0n) is 14.1. The van der Waals surface area contributed by atoms with Crippen molar-refractivity contribution >= 4 is 22.5 Å². The van der Waals surface area contributed by atoms with Gasteiger partial charge in [0.2, 0.25) is 5.91 Å². The van der Waals surface area contributed by atoms with Crippen LogP contribution in [0.3, 0.4) is 0 Å². The summed E-state index contributed by atoms with van der Waals surface area (Å²) in [6.45, 7) is 4.73. The number of carbonyl (C=O) groups excluding carboxylic acids is 1. The maximum absolute atomic E-state index is 12.1. The second kappa shape index (κ2) is 6.79. The second-order valence-electron chi connectivity index (χ2n) is 6.23. The average molecular weight is 321 g/mol. The Bertz CT molecular complexity index is 880. The number of hydrogen-bond acceptors (Lipinski definition) is 2. The Morgan fingerprint density at radius 3 is 2.75 bits per heavy atom. The standard InChI is InChI=1S/C20H23N3O/c1-13-14(2)23-19-9-7-15(11-17(13)19)12-22-20(24)10-8-16-5-3-4-6-18(16)21/h3-7,9,11,23H,8,10,12,21H2,1-2H3,(H,22,24). The number of carbonyl (C=O) groups is 1. The highest BCUT2D eigenvalue weighted by Crippen LogP contribution is 2.22. The van der Waals surface area contributed by atoms with Crippen LogP contribution in [0, 0.1) is 13.8 Å². The fraction of sp³-hybridized carbons (Fsp3) is 0.250. The minimum atomic E-state index is 0.0420. The Hall–Kier alpha value is -2.75. The Kier molecular flexibility index (Phi) is 4.56. The number of fused-ring (bicyclic) bond motifs is 1. The first-order valence-electron chi connectivity index (χ1n) is 8.22. The number of benzene rings is 2. The molecule has 4 heteroatoms. The molecule has 3 aromatic rings. The van der Waals surface area contributed by atoms with Crippen LogP contribution in [0.2, 0.25) is 0 Å². The van der Waals surface area contributed by atoms with E-state index in [9.17, 15) is 4.79 Å². The summed E-state index contributed by atoms with van der Waals surface area (Å²) in [4.78, 5) is 15.4. The molecule has 0 atom stereocenters. The van der Waals surface area contributed by atoms with Gasteiger partial charge in [-0.1, -0.05) is 24.3 Å². The Morgan fingerprint density at radius 1 is 1.17 bits per heavy atom. The van der Waals surface area contributed by atoms with E-state index in [4.69, 9.17) is 5.73 Å². The third-order valence-electron chi connectivity index (χ3n) is 4.54. The van der Waals surface area contributed by atoms with Crippen LogP contribution in [0.25, 0.3) is 10.9 Å². The van der Waals surface area contributed by atoms with Gasteiger partial charge in [-0.2, -0.15) is 0 Å². The van der Waals surface area contributed by atoms with Crippen molar-refractivity contribution < 1.29 is 4.79 Å². The Labute approximate surface area is 142 Å². The number of aromatic amines is 1. The first-order valence-corrected chi connectivity index (χ1v) is 8.22. The minimum Gasteiger partial charge on any atom is -0.399 e. The quantitative estimate of drug-likeness (QED) is 0.628. The smallest absolute Gasteiger partial charge is 0.220 e. The maximum atomic E-state index is 12.1. The predicted molar refractivity (Wildman–Crippen MR) is 98.8 cm³/mol. The van der Waals surface area contributed by atoms with Gasteiger partial charge in [-0.3, -0.25) is 4.79 Å². The molecule has 2 aromatic carbocycles. The summed E-state index contributed by atoms with van der Waals surface area (Å²) in [7, 11) is 0. The van der Waals surface area contributed by atoms with Crippen LogP contribution in [0.15, 0.2) is 42.5 Å². The van der Waals surface area contributed by atoms with Gasteiger partial charge in [-0.05, 0) is 55.2 Å². The molecule has 0 bridgehead atoms. The lowest BCUT2D eigenvalue weighted by atomic mass is 10.1. The number of H-pyrrole nitrogens is 1. The molecule has 4 nitrogen and oxygen atoms in total. The first-order chi connectivity index (χ1) is 11.5. The van der Waals surface area contributed by atoms with Gasteiger partial charge in [-0.15, -0.1) is 0 Å². The van der Waals surface area contributed by atoms with E-state index in [0.717, 1.165) is 22.3 Å². The van der Waals surface area contributed by atoms with Crippen LogP contribution < -0.4 is 11.1 Å². The Balaban J connectivity index is 1.58. The number of nitrogens with one attached hydrogen (secondary N) is 2. The van der Waals surface area contributed by atoms with E-state index < -0.39 is 0 Å². The maximum Gasteiger partial charge on any atom is 0.220 e. The lowest BCUT2D eigenvalue weighted by Crippen LogP contribution is -2.23. The number of nitrogens with two attached hydrogens (primary N) is 1. The molecule has 0 saturated carbocycles. The van der Waals surface area contributed by atoms with Gasteiger partial charge in [-0.25, -0.2) is 0 Å². The Morgan fingerprint density at radius 2 is 1.96 bits per heavy atom. The molecule has 1 aromatic heterocycles. The van der Waals surface area contributed by atoms with Crippen LogP contribution in [-0.4, -0.2) is 10.9 Å². The summed E-state index contributed by atoms with van der Waals surface area (Å²) in [6.07, 6.45) is 1.10. The molecule has 0 aliphatic rings. The zero-order chi connectivity index (χ0) is 17.1. The highest BCUT2D eigenvalue weighted by atomic mass is 16.1. The molecule has 4 N–H and O–H groups in total. The first kappa shape index (κ1) is 16.1. The lowest BCUT2D eigenvalue weighted by molar-refractivity contribution is -0.121. The summed E-state index contributed by atoms with van der Waals surface area (Å²) < 4.78 is 0. The van der Waals surface area contributed by atoms with Crippen molar-refractivity contribution in [2.24, 2.45) is 0 Å². The van der Waals surface area contributed by atoms with Crippen molar-refractivity contribution in [3.05, 3.63) is 64.8 Å². The van der Waals surface area contributed by atoms with Gasteiger partial charge < -0.3 is 16.0 Å². The zero-order valence-corrected chi connectivity index (χ0v) is 14.1. The number of aryl methyl sites for hydroxylation is 3. The fourth-order valence-electron chi connectivity index (χ4n) is 2.92. The summed E-state index contributed by atoms with van der Waals surface area (Å²) in [6, 6.07) is 13.9. The van der Waals surface area contributed by atoms with Gasteiger partial charge in [0.1, 0.15) is 0 Å². The molecule has 124 valence electrons. The largest absolute Gasteiger partial charge is 0.399 e. The van der Waals surface area contributed by atoms with E-state index in [1.807, 2.05) is 30.3 Å². The van der Waals surface area contributed by atoms with Crippen molar-refractivity contribution in [1.82, 2.24) is 10.3 Å². The van der Waals surface area contributed by atoms with Crippen molar-refractivity contribution in [3.8, 4) is 0 Å². The number of nitrogen functional groups attached to an aromatic ring is 1. The summed E-state index contributed by atoms with van der Waals surface area (Å²) in [5, 5.41) is 4.21. The molecule has 0 spiro atoms. The number of aromatic nitrogens is 1. The van der Waals surface area contributed by atoms with E-state index in [2.05, 4.69) is 36.3 Å². The minimum absolute atomic E-state index is 0.0420. The van der Waals surface area contributed by atoms with Gasteiger partial charge in [0.05, 0.1) is 0 Å². The van der Waals surface area contributed by atoms with Gasteiger partial charge in [0.25, 0.3) is 0 Å². The number of anilines is 1. The summed E-state index contributed by atoms with van der Waals surface area (Å²) in [5.41, 5.74) is 12.4. The molecule has 0 saturated heterocycles. The van der Waals surface area contributed by atoms with E-state index in [1.165, 1.54) is 16.6 Å². The molecule has 0 fully saturated rings. The van der Waals surface area contributed by atoms with Crippen molar-refractivity contribution in [3.63, 3.8) is 0 Å². The van der Waals surface area contributed by atoms with Crippen LogP contribution in [0.1, 0.15) is 28.8 Å². The molecule has 24 heavy (non-hydrogen) atoms. The fourth-order valence-corrected chi connectivity index (χ4v) is 2.92. The number of para-hydroxylation sites is 1. The number of amides is 1. The molecule has 0 unspecified atom stereocenters. The van der Waals surface area contributed by atoms with Gasteiger partial charge in [0, 0.05) is 35.2 Å². The predicted octanol–water partition coefficient (Wildman–Crippen LogP) is 3.62. The second-order valence-corrected chi connectivity index (χ2v) is 6.23. The molecular weight excluding hydrogens is 298 g/mol. The van der Waals surface area contributed by atoms with Crippen LogP contribution >= 0.6 is 0 Å². The molecule has 0 aliphatic carbocycles. The van der Waals surface area contributed by atoms with E-state index in [1.54, 1.807) is 0 Å². The third kappa shape index (κ3) is 3.43. The normalized spacial score (nSPS) is 10.9. The van der Waals surface area contributed by atoms with Gasteiger partial charge >= 0.3 is 0 Å². The monoisotopic (exact) mass is 321 g/mol. The van der Waals surface area contributed by atoms with Crippen molar-refractivity contribution in [1.29, 1.82) is 0 Å². The average Bonchev–Trinajstić information content (AvgIpc) is 2.86. The van der Waals surface area contributed by atoms with Crippen molar-refractivity contribution in [2.75, 3.05) is 5.73 Å². The molecule has 1 heterocycles. The molecular formula is C20H23N3O. The SMILES string of the molecule is Cc1[nH]c2ccc(CNC(=O)CCc3ccccc3N)cc2c1C. The topological polar surface area (TPSA) is 70.9 Å². The number of rotatable bonds is 5. The molecule has 3 rings (SSSR count). The number of hydrogen-bond donors (Lipinski definition) is 3. The van der Waals surface area contributed by atoms with Gasteiger partial charge in [0.15, 0.2) is 0 Å². The summed E-state index contributed by atoms with van der Waals surface area (Å²) >= 11 is 0. The molecule has 0 radical (unpaired) electrons. The van der Waals surface area contributed by atoms with E-state index in [-0.39, 0.29) is 5.91 Å². The molecule has 1 amide bonds.